The van der Waals surface area contributed by atoms with E-state index in [0.29, 0.717) is 12.1 Å². The first-order chi connectivity index (χ1) is 12.2. The fourth-order valence-corrected chi connectivity index (χ4v) is 3.38. The van der Waals surface area contributed by atoms with Crippen LogP contribution >= 0.6 is 0 Å². The van der Waals surface area contributed by atoms with Crippen molar-refractivity contribution in [2.45, 2.75) is 26.4 Å². The molecule has 3 N–H and O–H groups in total. The fourth-order valence-electron chi connectivity index (χ4n) is 3.38. The van der Waals surface area contributed by atoms with Crippen molar-refractivity contribution in [2.75, 3.05) is 0 Å². The summed E-state index contributed by atoms with van der Waals surface area (Å²) in [5.41, 5.74) is 3.54. The van der Waals surface area contributed by atoms with Crippen LogP contribution in [0.2, 0.25) is 0 Å². The maximum atomic E-state index is 10.4. The normalized spacial score (nSPS) is 11.4. The highest BCUT2D eigenvalue weighted by molar-refractivity contribution is 5.96. The lowest BCUT2D eigenvalue weighted by Crippen LogP contribution is -2.04. The highest BCUT2D eigenvalue weighted by Crippen LogP contribution is 2.42. The zero-order valence-electron chi connectivity index (χ0n) is 14.0. The van der Waals surface area contributed by atoms with Crippen LogP contribution in [0.25, 0.3) is 22.2 Å². The van der Waals surface area contributed by atoms with Gasteiger partial charge in [0.05, 0.1) is 12.0 Å². The van der Waals surface area contributed by atoms with Gasteiger partial charge in [0, 0.05) is 53.7 Å². The number of rotatable bonds is 5. The Morgan fingerprint density at radius 3 is 2.80 bits per heavy atom. The summed E-state index contributed by atoms with van der Waals surface area (Å²) in [5, 5.41) is 21.7. The largest absolute Gasteiger partial charge is 0.503 e. The molecule has 0 aliphatic rings. The molecule has 0 amide bonds. The van der Waals surface area contributed by atoms with E-state index >= 15 is 0 Å². The van der Waals surface area contributed by atoms with E-state index in [1.54, 1.807) is 17.1 Å². The second-order valence-electron chi connectivity index (χ2n) is 6.20. The molecule has 1 aromatic carbocycles. The molecule has 0 atom stereocenters. The molecule has 0 saturated heterocycles. The van der Waals surface area contributed by atoms with Crippen molar-refractivity contribution in [3.05, 3.63) is 54.7 Å². The summed E-state index contributed by atoms with van der Waals surface area (Å²) in [4.78, 5) is 7.30. The first-order valence-electron chi connectivity index (χ1n) is 8.30. The molecule has 0 saturated carbocycles. The molecule has 6 nitrogen and oxygen atoms in total. The number of fused-ring (bicyclic) bond motifs is 1. The zero-order chi connectivity index (χ0) is 17.4. The number of hydrogen-bond acceptors (Lipinski definition) is 3. The number of imidazole rings is 1. The van der Waals surface area contributed by atoms with Crippen molar-refractivity contribution in [3.63, 3.8) is 0 Å². The van der Waals surface area contributed by atoms with Crippen molar-refractivity contribution >= 4 is 10.9 Å². The highest BCUT2D eigenvalue weighted by Gasteiger charge is 2.22. The summed E-state index contributed by atoms with van der Waals surface area (Å²) in [6, 6.07) is 8.02. The Morgan fingerprint density at radius 1 is 1.16 bits per heavy atom. The van der Waals surface area contributed by atoms with Crippen LogP contribution in [0.3, 0.4) is 0 Å². The van der Waals surface area contributed by atoms with Crippen LogP contribution < -0.4 is 0 Å². The van der Waals surface area contributed by atoms with Gasteiger partial charge in [0.1, 0.15) is 0 Å². The zero-order valence-corrected chi connectivity index (χ0v) is 14.0. The summed E-state index contributed by atoms with van der Waals surface area (Å²) >= 11 is 0. The summed E-state index contributed by atoms with van der Waals surface area (Å²) < 4.78 is 3.79. The van der Waals surface area contributed by atoms with Gasteiger partial charge in [-0.25, -0.2) is 4.98 Å². The molecule has 0 bridgehead atoms. The Balaban J connectivity index is 1.73. The lowest BCUT2D eigenvalue weighted by Gasteiger charge is -2.11. The Morgan fingerprint density at radius 2 is 2.00 bits per heavy atom. The Kier molecular flexibility index (Phi) is 3.72. The van der Waals surface area contributed by atoms with E-state index in [2.05, 4.69) is 9.97 Å². The number of aromatic nitrogens is 4. The van der Waals surface area contributed by atoms with Crippen LogP contribution in [0.1, 0.15) is 12.0 Å². The molecule has 0 radical (unpaired) electrons. The van der Waals surface area contributed by atoms with Gasteiger partial charge in [0.2, 0.25) is 5.88 Å². The molecule has 4 aromatic rings. The van der Waals surface area contributed by atoms with Gasteiger partial charge in [-0.15, -0.1) is 0 Å². The summed E-state index contributed by atoms with van der Waals surface area (Å²) in [5.74, 6) is -0.133. The molecule has 0 aliphatic carbocycles. The number of H-pyrrole nitrogens is 1. The Hall–Kier alpha value is -3.15. The minimum absolute atomic E-state index is 0.0529. The molecule has 0 fully saturated rings. The highest BCUT2D eigenvalue weighted by atomic mass is 16.3. The molecule has 0 unspecified atom stereocenters. The van der Waals surface area contributed by atoms with Crippen LogP contribution in [-0.4, -0.2) is 29.3 Å². The van der Waals surface area contributed by atoms with Gasteiger partial charge >= 0.3 is 0 Å². The minimum Gasteiger partial charge on any atom is -0.503 e. The molecule has 3 aromatic heterocycles. The summed E-state index contributed by atoms with van der Waals surface area (Å²) in [6.45, 7) is 3.23. The first-order valence-corrected chi connectivity index (χ1v) is 8.30. The third kappa shape index (κ3) is 2.55. The Bertz CT molecular complexity index is 1010. The second kappa shape index (κ2) is 6.05. The topological polar surface area (TPSA) is 79.0 Å². The maximum Gasteiger partial charge on any atom is 0.235 e. The third-order valence-corrected chi connectivity index (χ3v) is 4.65. The van der Waals surface area contributed by atoms with E-state index in [4.69, 9.17) is 0 Å². The van der Waals surface area contributed by atoms with Gasteiger partial charge in [0.15, 0.2) is 5.75 Å². The monoisotopic (exact) mass is 336 g/mol. The van der Waals surface area contributed by atoms with Crippen LogP contribution in [0.4, 0.5) is 0 Å². The molecule has 3 heterocycles. The van der Waals surface area contributed by atoms with E-state index < -0.39 is 0 Å². The number of hydrogen-bond donors (Lipinski definition) is 3. The summed E-state index contributed by atoms with van der Waals surface area (Å²) in [7, 11) is 0. The molecular formula is C19H20N4O2. The predicted molar refractivity (Wildman–Crippen MR) is 96.6 cm³/mol. The average molecular weight is 336 g/mol. The number of nitrogens with zero attached hydrogens (tertiary/aromatic N) is 3. The average Bonchev–Trinajstić information content (AvgIpc) is 3.33. The maximum absolute atomic E-state index is 10.4. The van der Waals surface area contributed by atoms with Crippen molar-refractivity contribution in [2.24, 2.45) is 0 Å². The molecule has 25 heavy (non-hydrogen) atoms. The van der Waals surface area contributed by atoms with Gasteiger partial charge < -0.3 is 24.3 Å². The predicted octanol–water partition coefficient (Wildman–Crippen LogP) is 3.64. The van der Waals surface area contributed by atoms with Crippen molar-refractivity contribution < 1.29 is 10.2 Å². The lowest BCUT2D eigenvalue weighted by atomic mass is 10.1. The molecule has 6 heteroatoms. The van der Waals surface area contributed by atoms with Gasteiger partial charge in [-0.1, -0.05) is 18.2 Å². The van der Waals surface area contributed by atoms with Gasteiger partial charge in [-0.05, 0) is 19.4 Å². The van der Waals surface area contributed by atoms with Gasteiger partial charge in [-0.2, -0.15) is 0 Å². The number of aromatic amines is 1. The quantitative estimate of drug-likeness (QED) is 0.520. The van der Waals surface area contributed by atoms with E-state index in [9.17, 15) is 10.2 Å². The van der Waals surface area contributed by atoms with E-state index in [1.807, 2.05) is 48.1 Å². The van der Waals surface area contributed by atoms with Crippen molar-refractivity contribution in [3.8, 4) is 22.9 Å². The third-order valence-electron chi connectivity index (χ3n) is 4.65. The van der Waals surface area contributed by atoms with Crippen LogP contribution in [0.15, 0.2) is 49.2 Å². The lowest BCUT2D eigenvalue weighted by molar-refractivity contribution is 0.367. The molecule has 0 spiro atoms. The minimum atomic E-state index is -0.0802. The SMILES string of the molecule is Cc1c(O)c(O)n(CCCn2ccnc2)c1-c1c[nH]c2ccccc12. The number of para-hydroxylation sites is 1. The molecule has 128 valence electrons. The smallest absolute Gasteiger partial charge is 0.235 e. The van der Waals surface area contributed by atoms with Crippen molar-refractivity contribution in [1.82, 2.24) is 19.1 Å². The van der Waals surface area contributed by atoms with Crippen LogP contribution in [0, 0.1) is 6.92 Å². The molecule has 4 rings (SSSR count). The van der Waals surface area contributed by atoms with Crippen LogP contribution in [0.5, 0.6) is 11.6 Å². The number of aromatic hydroxyl groups is 2. The summed E-state index contributed by atoms with van der Waals surface area (Å²) in [6.07, 6.45) is 8.18. The Labute approximate surface area is 145 Å². The first kappa shape index (κ1) is 15.4. The number of aryl methyl sites for hydroxylation is 1. The number of benzene rings is 1. The van der Waals surface area contributed by atoms with E-state index in [1.165, 1.54) is 0 Å². The van der Waals surface area contributed by atoms with Gasteiger partial charge in [-0.3, -0.25) is 0 Å². The second-order valence-corrected chi connectivity index (χ2v) is 6.20. The van der Waals surface area contributed by atoms with E-state index in [0.717, 1.165) is 35.1 Å². The standard InChI is InChI=1S/C19H20N4O2/c1-13-17(15-11-21-16-6-3-2-5-14(15)16)23(19(25)18(13)24)9-4-8-22-10-7-20-12-22/h2-3,5-7,10-12,21,24-25H,4,8-9H2,1H3. The van der Waals surface area contributed by atoms with Crippen molar-refractivity contribution in [1.29, 1.82) is 0 Å². The number of nitrogens with one attached hydrogen (secondary N) is 1. The van der Waals surface area contributed by atoms with E-state index in [-0.39, 0.29) is 11.6 Å². The fraction of sp³-hybridized carbons (Fsp3) is 0.211. The molecule has 0 aliphatic heterocycles. The molecular weight excluding hydrogens is 316 g/mol. The van der Waals surface area contributed by atoms with Crippen LogP contribution in [-0.2, 0) is 13.1 Å². The van der Waals surface area contributed by atoms with Gasteiger partial charge in [0.25, 0.3) is 0 Å².